The van der Waals surface area contributed by atoms with Gasteiger partial charge in [0.1, 0.15) is 13.1 Å². The van der Waals surface area contributed by atoms with E-state index in [-0.39, 0.29) is 0 Å². The van der Waals surface area contributed by atoms with Crippen molar-refractivity contribution in [2.75, 3.05) is 26.7 Å². The predicted molar refractivity (Wildman–Crippen MR) is 30.4 cm³/mol. The highest BCUT2D eigenvalue weighted by molar-refractivity contribution is 4.40. The molecule has 0 aromatic carbocycles. The van der Waals surface area contributed by atoms with E-state index in [1.54, 1.807) is 0 Å². The summed E-state index contributed by atoms with van der Waals surface area (Å²) in [5, 5.41) is 3.12. The summed E-state index contributed by atoms with van der Waals surface area (Å²) in [6.45, 7) is 0.493. The highest BCUT2D eigenvalue weighted by Gasteiger charge is 2.29. The molecule has 2 nitrogen and oxygen atoms in total. The van der Waals surface area contributed by atoms with Crippen LogP contribution in [0.1, 0.15) is 0 Å². The Balaban J connectivity index is 3.04. The van der Waals surface area contributed by atoms with Gasteiger partial charge in [0.05, 0.1) is 7.05 Å². The second kappa shape index (κ2) is 4.51. The van der Waals surface area contributed by atoms with Gasteiger partial charge >= 0.3 is 6.18 Å². The summed E-state index contributed by atoms with van der Waals surface area (Å²) < 4.78 is 34.3. The summed E-state index contributed by atoms with van der Waals surface area (Å²) in [6.07, 6.45) is -4.02. The second-order valence-electron chi connectivity index (χ2n) is 2.09. The Bertz CT molecular complexity index is 81.5. The molecule has 0 aromatic rings. The third-order valence-corrected chi connectivity index (χ3v) is 1.04. The number of halogens is 3. The van der Waals surface area contributed by atoms with E-state index in [2.05, 4.69) is 0 Å². The number of alkyl halides is 3. The van der Waals surface area contributed by atoms with Crippen molar-refractivity contribution >= 4 is 0 Å². The van der Waals surface area contributed by atoms with E-state index >= 15 is 0 Å². The molecule has 4 N–H and O–H groups in total. The topological polar surface area (TPSA) is 33.2 Å². The normalized spacial score (nSPS) is 12.0. The molecule has 5 heteroatoms. The van der Waals surface area contributed by atoms with Gasteiger partial charge in [0.25, 0.3) is 0 Å². The number of nitrogens with two attached hydrogens (primary N) is 2. The van der Waals surface area contributed by atoms with E-state index in [1.165, 1.54) is 5.32 Å². The van der Waals surface area contributed by atoms with Crippen LogP contribution in [0.3, 0.4) is 0 Å². The molecule has 62 valence electrons. The Hall–Kier alpha value is -0.290. The first-order chi connectivity index (χ1) is 4.56. The standard InChI is InChI=1S/C5H11F3N2/c1-9-2-3-10-4-5(6,7)8/h9-10H,2-4H2,1H3/p+2. The van der Waals surface area contributed by atoms with Gasteiger partial charge in [-0.15, -0.1) is 0 Å². The molecule has 0 unspecified atom stereocenters. The SMILES string of the molecule is C[NH2+]CC[NH2+]CC(F)(F)F. The predicted octanol–water partition coefficient (Wildman–Crippen LogP) is -1.69. The van der Waals surface area contributed by atoms with Crippen LogP contribution in [-0.4, -0.2) is 32.9 Å². The molecule has 0 atom stereocenters. The Morgan fingerprint density at radius 1 is 1.20 bits per heavy atom. The van der Waals surface area contributed by atoms with Crippen LogP contribution in [0.5, 0.6) is 0 Å². The van der Waals surface area contributed by atoms with Gasteiger partial charge in [-0.3, -0.25) is 0 Å². The molecule has 0 aromatic heterocycles. The van der Waals surface area contributed by atoms with Gasteiger partial charge in [0.15, 0.2) is 6.54 Å². The number of likely N-dealkylation sites (N-methyl/N-ethyl adjacent to an activating group) is 1. The minimum Gasteiger partial charge on any atom is -0.344 e. The zero-order valence-electron chi connectivity index (χ0n) is 5.91. The summed E-state index contributed by atoms with van der Waals surface area (Å²) in [6, 6.07) is 0. The summed E-state index contributed by atoms with van der Waals surface area (Å²) in [4.78, 5) is 0. The Labute approximate surface area is 57.8 Å². The summed E-state index contributed by atoms with van der Waals surface area (Å²) in [5.74, 6) is 0. The van der Waals surface area contributed by atoms with Crippen molar-refractivity contribution in [3.63, 3.8) is 0 Å². The van der Waals surface area contributed by atoms with E-state index in [4.69, 9.17) is 0 Å². The molecule has 0 bridgehead atoms. The van der Waals surface area contributed by atoms with Crippen LogP contribution in [0.2, 0.25) is 0 Å². The maximum Gasteiger partial charge on any atom is 0.438 e. The molecule has 10 heavy (non-hydrogen) atoms. The van der Waals surface area contributed by atoms with Crippen molar-refractivity contribution in [1.29, 1.82) is 0 Å². The summed E-state index contributed by atoms with van der Waals surface area (Å²) in [7, 11) is 1.83. The lowest BCUT2D eigenvalue weighted by molar-refractivity contribution is -0.722. The average molecular weight is 158 g/mol. The smallest absolute Gasteiger partial charge is 0.344 e. The molecule has 0 heterocycles. The van der Waals surface area contributed by atoms with Gasteiger partial charge < -0.3 is 10.6 Å². The van der Waals surface area contributed by atoms with Crippen LogP contribution in [0.25, 0.3) is 0 Å². The van der Waals surface area contributed by atoms with Gasteiger partial charge in [-0.1, -0.05) is 0 Å². The molecule has 0 aliphatic rings. The number of hydrogen-bond acceptors (Lipinski definition) is 0. The number of quaternary nitrogens is 2. The molecular weight excluding hydrogens is 145 g/mol. The van der Waals surface area contributed by atoms with Crippen LogP contribution in [0, 0.1) is 0 Å². The highest BCUT2D eigenvalue weighted by atomic mass is 19.4. The van der Waals surface area contributed by atoms with E-state index < -0.39 is 12.7 Å². The largest absolute Gasteiger partial charge is 0.438 e. The maximum absolute atomic E-state index is 11.4. The molecule has 0 saturated heterocycles. The number of rotatable bonds is 4. The van der Waals surface area contributed by atoms with E-state index in [9.17, 15) is 13.2 Å². The van der Waals surface area contributed by atoms with Gasteiger partial charge in [0.2, 0.25) is 0 Å². The summed E-state index contributed by atoms with van der Waals surface area (Å²) in [5.41, 5.74) is 0. The summed E-state index contributed by atoms with van der Waals surface area (Å²) >= 11 is 0. The minimum absolute atomic E-state index is 0.524. The van der Waals surface area contributed by atoms with Gasteiger partial charge in [-0.25, -0.2) is 0 Å². The number of hydrogen-bond donors (Lipinski definition) is 2. The Morgan fingerprint density at radius 2 is 1.80 bits per heavy atom. The Morgan fingerprint density at radius 3 is 2.20 bits per heavy atom. The average Bonchev–Trinajstić information content (AvgIpc) is 1.78. The highest BCUT2D eigenvalue weighted by Crippen LogP contribution is 2.09. The second-order valence-corrected chi connectivity index (χ2v) is 2.09. The molecule has 0 aliphatic carbocycles. The Kier molecular flexibility index (Phi) is 4.38. The lowest BCUT2D eigenvalue weighted by Gasteiger charge is -2.03. The van der Waals surface area contributed by atoms with Crippen molar-refractivity contribution < 1.29 is 23.8 Å². The monoisotopic (exact) mass is 158 g/mol. The molecule has 0 radical (unpaired) electrons. The van der Waals surface area contributed by atoms with Crippen LogP contribution in [-0.2, 0) is 0 Å². The van der Waals surface area contributed by atoms with Crippen molar-refractivity contribution in [3.8, 4) is 0 Å². The quantitative estimate of drug-likeness (QED) is 0.458. The molecule has 0 aliphatic heterocycles. The van der Waals surface area contributed by atoms with Crippen molar-refractivity contribution in [2.24, 2.45) is 0 Å². The molecule has 0 fully saturated rings. The molecule has 0 saturated carbocycles. The fraction of sp³-hybridized carbons (Fsp3) is 1.00. The van der Waals surface area contributed by atoms with Crippen LogP contribution >= 0.6 is 0 Å². The molecule has 0 rings (SSSR count). The van der Waals surface area contributed by atoms with Crippen LogP contribution in [0.15, 0.2) is 0 Å². The minimum atomic E-state index is -4.02. The fourth-order valence-electron chi connectivity index (χ4n) is 0.550. The molecule has 0 spiro atoms. The first-order valence-corrected chi connectivity index (χ1v) is 3.22. The molecule has 0 amide bonds. The third-order valence-electron chi connectivity index (χ3n) is 1.04. The lowest BCUT2D eigenvalue weighted by Crippen LogP contribution is -2.94. The first kappa shape index (κ1) is 9.71. The maximum atomic E-state index is 11.4. The zero-order chi connectivity index (χ0) is 8.04. The van der Waals surface area contributed by atoms with Crippen molar-refractivity contribution in [3.05, 3.63) is 0 Å². The first-order valence-electron chi connectivity index (χ1n) is 3.22. The lowest BCUT2D eigenvalue weighted by atomic mass is 10.5. The third kappa shape index (κ3) is 7.71. The molecular formula is C5H13F3N2+2. The van der Waals surface area contributed by atoms with Gasteiger partial charge in [-0.2, -0.15) is 13.2 Å². The van der Waals surface area contributed by atoms with Crippen LogP contribution in [0.4, 0.5) is 13.2 Å². The van der Waals surface area contributed by atoms with E-state index in [0.29, 0.717) is 6.54 Å². The zero-order valence-corrected chi connectivity index (χ0v) is 5.91. The van der Waals surface area contributed by atoms with Gasteiger partial charge in [-0.05, 0) is 0 Å². The van der Waals surface area contributed by atoms with Gasteiger partial charge in [0, 0.05) is 0 Å². The fourth-order valence-corrected chi connectivity index (χ4v) is 0.550. The van der Waals surface area contributed by atoms with E-state index in [0.717, 1.165) is 6.54 Å². The van der Waals surface area contributed by atoms with E-state index in [1.807, 2.05) is 12.4 Å². The van der Waals surface area contributed by atoms with Crippen molar-refractivity contribution in [2.45, 2.75) is 6.18 Å². The van der Waals surface area contributed by atoms with Crippen LogP contribution < -0.4 is 10.6 Å². The van der Waals surface area contributed by atoms with Crippen molar-refractivity contribution in [1.82, 2.24) is 0 Å².